The number of pyridine rings is 2. The van der Waals surface area contributed by atoms with E-state index in [1.165, 1.54) is 0 Å². The summed E-state index contributed by atoms with van der Waals surface area (Å²) in [6.45, 7) is 0.563. The summed E-state index contributed by atoms with van der Waals surface area (Å²) in [6.07, 6.45) is 4.53. The molecule has 2 N–H and O–H groups in total. The van der Waals surface area contributed by atoms with Crippen molar-refractivity contribution < 1.29 is 9.53 Å². The lowest BCUT2D eigenvalue weighted by Crippen LogP contribution is -2.35. The van der Waals surface area contributed by atoms with E-state index >= 15 is 0 Å². The van der Waals surface area contributed by atoms with E-state index in [4.69, 9.17) is 10.5 Å². The lowest BCUT2D eigenvalue weighted by molar-refractivity contribution is 0.203. The monoisotopic (exact) mass is 271 g/mol. The molecule has 0 aliphatic carbocycles. The topological polar surface area (TPSA) is 81.3 Å². The van der Waals surface area contributed by atoms with Crippen LogP contribution in [0.2, 0.25) is 0 Å². The molecule has 1 aliphatic heterocycles. The highest BCUT2D eigenvalue weighted by Crippen LogP contribution is 2.34. The first-order valence-electron chi connectivity index (χ1n) is 6.38. The third-order valence-corrected chi connectivity index (χ3v) is 3.53. The van der Waals surface area contributed by atoms with Gasteiger partial charge in [0.2, 0.25) is 5.88 Å². The van der Waals surface area contributed by atoms with Crippen LogP contribution in [0, 0.1) is 6.42 Å². The minimum atomic E-state index is -0.420. The number of aromatic nitrogens is 2. The maximum atomic E-state index is 11.5. The van der Waals surface area contributed by atoms with E-state index in [0.29, 0.717) is 12.4 Å². The van der Waals surface area contributed by atoms with Crippen LogP contribution in [0.15, 0.2) is 24.4 Å². The van der Waals surface area contributed by atoms with Crippen molar-refractivity contribution in [2.45, 2.75) is 12.5 Å². The average molecular weight is 271 g/mol. The summed E-state index contributed by atoms with van der Waals surface area (Å²) in [5.41, 5.74) is 7.90. The molecule has 1 unspecified atom stereocenters. The zero-order valence-electron chi connectivity index (χ0n) is 11.1. The third-order valence-electron chi connectivity index (χ3n) is 3.53. The van der Waals surface area contributed by atoms with Crippen molar-refractivity contribution in [3.63, 3.8) is 0 Å². The maximum absolute atomic E-state index is 11.5. The Morgan fingerprint density at radius 1 is 1.45 bits per heavy atom. The molecule has 1 radical (unpaired) electrons. The molecular weight excluding hydrogens is 256 g/mol. The first kappa shape index (κ1) is 12.7. The number of nitrogens with two attached hydrogens (primary N) is 1. The summed E-state index contributed by atoms with van der Waals surface area (Å²) in [6, 6.07) is 5.01. The Kier molecular flexibility index (Phi) is 3.14. The van der Waals surface area contributed by atoms with Gasteiger partial charge in [0, 0.05) is 24.4 Å². The number of hydrogen-bond donors (Lipinski definition) is 1. The maximum Gasteiger partial charge on any atom is 0.315 e. The van der Waals surface area contributed by atoms with Crippen molar-refractivity contribution in [3.05, 3.63) is 36.4 Å². The molecule has 20 heavy (non-hydrogen) atoms. The first-order chi connectivity index (χ1) is 9.70. The highest BCUT2D eigenvalue weighted by molar-refractivity contribution is 5.80. The molecule has 1 saturated heterocycles. The van der Waals surface area contributed by atoms with Crippen molar-refractivity contribution in [2.24, 2.45) is 5.73 Å². The number of fused-ring (bicyclic) bond motifs is 1. The van der Waals surface area contributed by atoms with Gasteiger partial charge in [-0.3, -0.25) is 4.98 Å². The van der Waals surface area contributed by atoms with Gasteiger partial charge in [-0.15, -0.1) is 0 Å². The average Bonchev–Trinajstić information content (AvgIpc) is 2.95. The van der Waals surface area contributed by atoms with E-state index in [9.17, 15) is 4.79 Å². The normalized spacial score (nSPS) is 18.4. The van der Waals surface area contributed by atoms with E-state index < -0.39 is 6.03 Å². The number of urea groups is 1. The largest absolute Gasteiger partial charge is 0.481 e. The van der Waals surface area contributed by atoms with Crippen molar-refractivity contribution in [1.82, 2.24) is 14.9 Å². The van der Waals surface area contributed by atoms with Gasteiger partial charge < -0.3 is 15.4 Å². The molecule has 0 aromatic carbocycles. The van der Waals surface area contributed by atoms with Crippen LogP contribution in [0.4, 0.5) is 4.79 Å². The zero-order chi connectivity index (χ0) is 14.1. The molecule has 3 heterocycles. The molecule has 2 amide bonds. The van der Waals surface area contributed by atoms with E-state index in [-0.39, 0.29) is 6.04 Å². The minimum absolute atomic E-state index is 0.0855. The van der Waals surface area contributed by atoms with Gasteiger partial charge in [0.1, 0.15) is 0 Å². The third kappa shape index (κ3) is 2.03. The van der Waals surface area contributed by atoms with E-state index in [1.807, 2.05) is 18.6 Å². The second-order valence-electron chi connectivity index (χ2n) is 4.65. The lowest BCUT2D eigenvalue weighted by Gasteiger charge is -2.23. The number of primary amides is 1. The van der Waals surface area contributed by atoms with Gasteiger partial charge in [-0.25, -0.2) is 9.78 Å². The van der Waals surface area contributed by atoms with E-state index in [0.717, 1.165) is 23.0 Å². The number of carbonyl (C=O) groups excluding carboxylic acids is 1. The van der Waals surface area contributed by atoms with Crippen molar-refractivity contribution in [3.8, 4) is 5.88 Å². The fraction of sp³-hybridized carbons (Fsp3) is 0.286. The quantitative estimate of drug-likeness (QED) is 0.900. The van der Waals surface area contributed by atoms with Crippen LogP contribution < -0.4 is 10.5 Å². The van der Waals surface area contributed by atoms with Crippen LogP contribution in [-0.4, -0.2) is 34.6 Å². The highest BCUT2D eigenvalue weighted by atomic mass is 16.5. The second kappa shape index (κ2) is 4.96. The summed E-state index contributed by atoms with van der Waals surface area (Å²) in [4.78, 5) is 21.9. The fourth-order valence-electron chi connectivity index (χ4n) is 2.57. The Hall–Kier alpha value is -2.37. The van der Waals surface area contributed by atoms with Crippen LogP contribution in [0.25, 0.3) is 11.0 Å². The summed E-state index contributed by atoms with van der Waals surface area (Å²) >= 11 is 0. The zero-order valence-corrected chi connectivity index (χ0v) is 11.1. The first-order valence-corrected chi connectivity index (χ1v) is 6.38. The predicted molar refractivity (Wildman–Crippen MR) is 74.0 cm³/mol. The van der Waals surface area contributed by atoms with Gasteiger partial charge in [-0.2, -0.15) is 0 Å². The Labute approximate surface area is 116 Å². The molecule has 1 atom stereocenters. The highest BCUT2D eigenvalue weighted by Gasteiger charge is 2.30. The lowest BCUT2D eigenvalue weighted by atomic mass is 10.0. The van der Waals surface area contributed by atoms with Crippen molar-refractivity contribution >= 4 is 17.1 Å². The molecular formula is C14H15N4O2. The van der Waals surface area contributed by atoms with Crippen LogP contribution in [0.3, 0.4) is 0 Å². The minimum Gasteiger partial charge on any atom is -0.481 e. The van der Waals surface area contributed by atoms with Gasteiger partial charge in [0.15, 0.2) is 0 Å². The Bertz CT molecular complexity index is 659. The number of likely N-dealkylation sites (tertiary alicyclic amines) is 1. The number of amides is 2. The van der Waals surface area contributed by atoms with Gasteiger partial charge in [0.05, 0.1) is 24.2 Å². The van der Waals surface area contributed by atoms with Crippen molar-refractivity contribution in [2.75, 3.05) is 13.7 Å². The Balaban J connectivity index is 2.13. The van der Waals surface area contributed by atoms with Gasteiger partial charge in [-0.05, 0) is 25.0 Å². The molecule has 2 aromatic rings. The molecule has 6 heteroatoms. The van der Waals surface area contributed by atoms with Crippen LogP contribution >= 0.6 is 0 Å². The number of ether oxygens (including phenoxy) is 1. The van der Waals surface area contributed by atoms with Crippen LogP contribution in [-0.2, 0) is 0 Å². The van der Waals surface area contributed by atoms with Gasteiger partial charge >= 0.3 is 6.03 Å². The molecule has 3 rings (SSSR count). The summed E-state index contributed by atoms with van der Waals surface area (Å²) in [7, 11) is 1.57. The Morgan fingerprint density at radius 2 is 2.30 bits per heavy atom. The summed E-state index contributed by atoms with van der Waals surface area (Å²) in [5.74, 6) is 0.527. The molecule has 103 valence electrons. The van der Waals surface area contributed by atoms with Crippen LogP contribution in [0.1, 0.15) is 18.0 Å². The van der Waals surface area contributed by atoms with Gasteiger partial charge in [0.25, 0.3) is 0 Å². The number of rotatable bonds is 2. The molecule has 6 nitrogen and oxygen atoms in total. The number of methoxy groups -OCH3 is 1. The molecule has 0 spiro atoms. The molecule has 2 aromatic heterocycles. The summed E-state index contributed by atoms with van der Waals surface area (Å²) < 4.78 is 5.16. The standard InChI is InChI=1S/C14H15N4O2/c1-20-12-5-4-10-13(17-12)9(6-7-16-10)11-3-2-8-18(11)14(15)19/h2,4-7,11H,3,8H2,1H3,(H2,15,19). The second-order valence-corrected chi connectivity index (χ2v) is 4.65. The SMILES string of the molecule is COc1ccc2nccc(C3C[CH]CN3C(N)=O)c2n1. The Morgan fingerprint density at radius 3 is 3.05 bits per heavy atom. The smallest absolute Gasteiger partial charge is 0.315 e. The molecule has 1 aliphatic rings. The number of carbonyl (C=O) groups is 1. The fourth-order valence-corrected chi connectivity index (χ4v) is 2.57. The molecule has 0 bridgehead atoms. The molecule has 0 saturated carbocycles. The summed E-state index contributed by atoms with van der Waals surface area (Å²) in [5, 5.41) is 0. The van der Waals surface area contributed by atoms with E-state index in [1.54, 1.807) is 24.3 Å². The number of nitrogens with zero attached hydrogens (tertiary/aromatic N) is 3. The van der Waals surface area contributed by atoms with Gasteiger partial charge in [-0.1, -0.05) is 0 Å². The molecule has 1 fully saturated rings. The van der Waals surface area contributed by atoms with E-state index in [2.05, 4.69) is 9.97 Å². The van der Waals surface area contributed by atoms with Crippen LogP contribution in [0.5, 0.6) is 5.88 Å². The van der Waals surface area contributed by atoms with Crippen molar-refractivity contribution in [1.29, 1.82) is 0 Å². The number of hydrogen-bond acceptors (Lipinski definition) is 4. The predicted octanol–water partition coefficient (Wildman–Crippen LogP) is 1.67.